The second-order valence-electron chi connectivity index (χ2n) is 8.42. The molecule has 2 aromatic carbocycles. The number of carbonyl (C=O) groups excluding carboxylic acids is 1. The summed E-state index contributed by atoms with van der Waals surface area (Å²) in [4.78, 5) is 28.4. The van der Waals surface area contributed by atoms with Gasteiger partial charge in [0.15, 0.2) is 9.84 Å². The van der Waals surface area contributed by atoms with Crippen molar-refractivity contribution in [2.75, 3.05) is 18.3 Å². The topological polar surface area (TPSA) is 116 Å². The number of sulfone groups is 1. The van der Waals surface area contributed by atoms with Gasteiger partial charge in [-0.2, -0.15) is 4.68 Å². The molecule has 10 nitrogen and oxygen atoms in total. The van der Waals surface area contributed by atoms with Crippen LogP contribution in [0.25, 0.3) is 5.69 Å². The number of ether oxygens (including phenoxy) is 1. The van der Waals surface area contributed by atoms with E-state index < -0.39 is 21.6 Å². The first-order valence-electron chi connectivity index (χ1n) is 11.0. The number of rotatable bonds is 5. The number of aryl methyl sites for hydroxylation is 1. The molecular formula is C23H27N5O5S. The number of para-hydroxylation sites is 1. The molecule has 1 fully saturated rings. The number of hydrogen-bond acceptors (Lipinski definition) is 7. The van der Waals surface area contributed by atoms with Crippen molar-refractivity contribution in [3.63, 3.8) is 0 Å². The molecule has 3 aromatic rings. The van der Waals surface area contributed by atoms with E-state index in [1.165, 1.54) is 12.1 Å². The first-order chi connectivity index (χ1) is 16.2. The number of benzene rings is 2. The van der Waals surface area contributed by atoms with Crippen molar-refractivity contribution in [3.05, 3.63) is 58.5 Å². The molecule has 1 saturated carbocycles. The van der Waals surface area contributed by atoms with Gasteiger partial charge >= 0.3 is 11.7 Å². The molecule has 1 aliphatic rings. The normalized spacial score (nSPS) is 14.7. The Balaban J connectivity index is 1.79. The van der Waals surface area contributed by atoms with E-state index in [4.69, 9.17) is 4.74 Å². The molecule has 1 amide bonds. The third kappa shape index (κ3) is 4.47. The zero-order chi connectivity index (χ0) is 24.5. The first-order valence-corrected chi connectivity index (χ1v) is 12.9. The number of methoxy groups -OCH3 is 1. The molecule has 1 aromatic heterocycles. The van der Waals surface area contributed by atoms with E-state index in [1.807, 2.05) is 13.0 Å². The Morgan fingerprint density at radius 1 is 1.09 bits per heavy atom. The van der Waals surface area contributed by atoms with Crippen LogP contribution in [0.3, 0.4) is 0 Å². The summed E-state index contributed by atoms with van der Waals surface area (Å²) in [6.45, 7) is 1.89. The summed E-state index contributed by atoms with van der Waals surface area (Å²) in [6, 6.07) is 10.7. The van der Waals surface area contributed by atoms with Gasteiger partial charge in [-0.25, -0.2) is 18.0 Å². The smallest absolute Gasteiger partial charge is 0.377 e. The van der Waals surface area contributed by atoms with Crippen LogP contribution in [-0.2, 0) is 9.84 Å². The lowest BCUT2D eigenvalue weighted by molar-refractivity contribution is 0.238. The summed E-state index contributed by atoms with van der Waals surface area (Å²) in [6.07, 6.45) is 5.70. The molecule has 0 atom stereocenters. The van der Waals surface area contributed by atoms with Gasteiger partial charge in [0.05, 0.1) is 17.7 Å². The number of carbonyl (C=O) groups is 1. The summed E-state index contributed by atoms with van der Waals surface area (Å²) in [5.74, 6) is 0.695. The van der Waals surface area contributed by atoms with Crippen LogP contribution in [0, 0.1) is 6.92 Å². The number of anilines is 1. The summed E-state index contributed by atoms with van der Waals surface area (Å²) < 4.78 is 31.3. The Kier molecular flexibility index (Phi) is 6.56. The summed E-state index contributed by atoms with van der Waals surface area (Å²) in [5.41, 5.74) is 0.686. The van der Waals surface area contributed by atoms with E-state index in [0.29, 0.717) is 16.1 Å². The maximum atomic E-state index is 13.7. The maximum Gasteiger partial charge on any atom is 0.377 e. The fourth-order valence-electron chi connectivity index (χ4n) is 4.39. The van der Waals surface area contributed by atoms with Crippen molar-refractivity contribution in [1.29, 1.82) is 0 Å². The molecule has 0 aliphatic heterocycles. The van der Waals surface area contributed by atoms with Gasteiger partial charge in [-0.05, 0) is 66.1 Å². The standard InChI is InChI=1S/C23H27N5O5S/c1-16-15-18(13-14-20(16)33-2)26(17-9-5-4-6-10-17)22(29)28-23(30)27(24-25-28)19-11-7-8-12-21(19)34(3,31)32/h7-8,11-15,17H,4-6,9-10H2,1-3H3. The van der Waals surface area contributed by atoms with Crippen molar-refractivity contribution in [2.45, 2.75) is 50.0 Å². The highest BCUT2D eigenvalue weighted by Gasteiger charge is 2.31. The van der Waals surface area contributed by atoms with Gasteiger partial charge in [-0.15, -0.1) is 4.68 Å². The van der Waals surface area contributed by atoms with E-state index >= 15 is 0 Å². The van der Waals surface area contributed by atoms with Gasteiger partial charge in [-0.1, -0.05) is 31.4 Å². The fourth-order valence-corrected chi connectivity index (χ4v) is 5.25. The van der Waals surface area contributed by atoms with Gasteiger partial charge in [-0.3, -0.25) is 4.90 Å². The van der Waals surface area contributed by atoms with E-state index in [2.05, 4.69) is 10.4 Å². The average Bonchev–Trinajstić information content (AvgIpc) is 3.20. The predicted octanol–water partition coefficient (Wildman–Crippen LogP) is 2.96. The largest absolute Gasteiger partial charge is 0.496 e. The van der Waals surface area contributed by atoms with Gasteiger partial charge in [0.2, 0.25) is 0 Å². The van der Waals surface area contributed by atoms with E-state index in [-0.39, 0.29) is 16.6 Å². The molecule has 1 heterocycles. The zero-order valence-electron chi connectivity index (χ0n) is 19.3. The average molecular weight is 486 g/mol. The van der Waals surface area contributed by atoms with Crippen LogP contribution in [0.1, 0.15) is 37.7 Å². The van der Waals surface area contributed by atoms with Crippen molar-refractivity contribution in [1.82, 2.24) is 19.8 Å². The van der Waals surface area contributed by atoms with E-state index in [9.17, 15) is 18.0 Å². The lowest BCUT2D eigenvalue weighted by Crippen LogP contribution is -2.47. The highest BCUT2D eigenvalue weighted by molar-refractivity contribution is 7.90. The molecule has 34 heavy (non-hydrogen) atoms. The quantitative estimate of drug-likeness (QED) is 0.510. The van der Waals surface area contributed by atoms with Gasteiger partial charge in [0.1, 0.15) is 5.75 Å². The van der Waals surface area contributed by atoms with Crippen molar-refractivity contribution < 1.29 is 17.9 Å². The summed E-state index contributed by atoms with van der Waals surface area (Å²) >= 11 is 0. The van der Waals surface area contributed by atoms with Crippen LogP contribution in [0.15, 0.2) is 52.2 Å². The fraction of sp³-hybridized carbons (Fsp3) is 0.391. The SMILES string of the molecule is COc1ccc(N(C(=O)n2nnn(-c3ccccc3S(C)(=O)=O)c2=O)C2CCCCC2)cc1C. The minimum atomic E-state index is -3.64. The molecule has 0 N–H and O–H groups in total. The molecule has 0 bridgehead atoms. The molecule has 11 heteroatoms. The summed E-state index contributed by atoms with van der Waals surface area (Å²) in [7, 11) is -2.06. The van der Waals surface area contributed by atoms with E-state index in [1.54, 1.807) is 36.3 Å². The zero-order valence-corrected chi connectivity index (χ0v) is 20.2. The monoisotopic (exact) mass is 485 g/mol. The number of tetrazole rings is 1. The van der Waals surface area contributed by atoms with Crippen LogP contribution in [0.4, 0.5) is 10.5 Å². The Labute approximate surface area is 197 Å². The van der Waals surface area contributed by atoms with Crippen molar-refractivity contribution in [2.24, 2.45) is 0 Å². The van der Waals surface area contributed by atoms with Gasteiger partial charge in [0, 0.05) is 18.0 Å². The number of amides is 1. The molecule has 1 aliphatic carbocycles. The van der Waals surface area contributed by atoms with Crippen LogP contribution in [0.5, 0.6) is 5.75 Å². The first kappa shape index (κ1) is 23.7. The Morgan fingerprint density at radius 3 is 2.44 bits per heavy atom. The minimum absolute atomic E-state index is 0.0403. The Hall–Kier alpha value is -3.47. The highest BCUT2D eigenvalue weighted by atomic mass is 32.2. The van der Waals surface area contributed by atoms with Crippen molar-refractivity contribution in [3.8, 4) is 11.4 Å². The molecule has 0 spiro atoms. The van der Waals surface area contributed by atoms with Crippen LogP contribution in [0.2, 0.25) is 0 Å². The third-order valence-electron chi connectivity index (χ3n) is 6.06. The Morgan fingerprint density at radius 2 is 1.79 bits per heavy atom. The highest BCUT2D eigenvalue weighted by Crippen LogP contribution is 2.31. The predicted molar refractivity (Wildman–Crippen MR) is 127 cm³/mol. The van der Waals surface area contributed by atoms with E-state index in [0.717, 1.165) is 48.6 Å². The minimum Gasteiger partial charge on any atom is -0.496 e. The molecular weight excluding hydrogens is 458 g/mol. The second-order valence-corrected chi connectivity index (χ2v) is 10.4. The van der Waals surface area contributed by atoms with Gasteiger partial charge < -0.3 is 4.74 Å². The number of hydrogen-bond donors (Lipinski definition) is 0. The molecule has 0 radical (unpaired) electrons. The Bertz CT molecular complexity index is 1370. The molecule has 180 valence electrons. The summed E-state index contributed by atoms with van der Waals surface area (Å²) in [5, 5.41) is 7.65. The van der Waals surface area contributed by atoms with Crippen LogP contribution < -0.4 is 15.3 Å². The van der Waals surface area contributed by atoms with Crippen molar-refractivity contribution >= 4 is 21.6 Å². The lowest BCUT2D eigenvalue weighted by atomic mass is 9.94. The number of nitrogens with zero attached hydrogens (tertiary/aromatic N) is 5. The maximum absolute atomic E-state index is 13.7. The third-order valence-corrected chi connectivity index (χ3v) is 7.20. The van der Waals surface area contributed by atoms with Crippen LogP contribution in [-0.4, -0.2) is 53.6 Å². The molecule has 4 rings (SSSR count). The number of aromatic nitrogens is 4. The molecule has 0 saturated heterocycles. The lowest BCUT2D eigenvalue weighted by Gasteiger charge is -2.34. The van der Waals surface area contributed by atoms with Gasteiger partial charge in [0.25, 0.3) is 0 Å². The second kappa shape index (κ2) is 9.41. The molecule has 0 unspecified atom stereocenters. The van der Waals surface area contributed by atoms with Crippen LogP contribution >= 0.6 is 0 Å².